The molecule has 1 amide bonds. The molecule has 0 aliphatic carbocycles. The number of carbonyl (C=O) groups is 1. The molecule has 5 heteroatoms. The van der Waals surface area contributed by atoms with Gasteiger partial charge in [0.15, 0.2) is 0 Å². The molecular weight excluding hydrogens is 206 g/mol. The summed E-state index contributed by atoms with van der Waals surface area (Å²) < 4.78 is 0. The first kappa shape index (κ1) is 10.2. The Labute approximate surface area is 91.8 Å². The lowest BCUT2D eigenvalue weighted by Gasteiger charge is -1.93. The molecule has 2 aromatic rings. The number of rotatable bonds is 3. The fourth-order valence-electron chi connectivity index (χ4n) is 1.55. The van der Waals surface area contributed by atoms with Gasteiger partial charge in [-0.05, 0) is 11.6 Å². The van der Waals surface area contributed by atoms with Gasteiger partial charge in [-0.25, -0.2) is 10.2 Å². The Morgan fingerprint density at radius 1 is 1.50 bits per heavy atom. The van der Waals surface area contributed by atoms with E-state index >= 15 is 0 Å². The molecule has 16 heavy (non-hydrogen) atoms. The number of H-pyrrole nitrogens is 1. The average Bonchev–Trinajstić information content (AvgIpc) is 2.68. The van der Waals surface area contributed by atoms with Gasteiger partial charge in [-0.1, -0.05) is 18.2 Å². The highest BCUT2D eigenvalue weighted by Crippen LogP contribution is 2.17. The van der Waals surface area contributed by atoms with Crippen LogP contribution in [-0.4, -0.2) is 22.4 Å². The van der Waals surface area contributed by atoms with Crippen molar-refractivity contribution in [3.63, 3.8) is 0 Å². The lowest BCUT2D eigenvalue weighted by Crippen LogP contribution is -2.13. The summed E-state index contributed by atoms with van der Waals surface area (Å²) in [6, 6.07) is 7.93. The molecule has 1 heterocycles. The number of para-hydroxylation sites is 1. The molecule has 0 aliphatic heterocycles. The molecule has 1 aromatic carbocycles. The highest BCUT2D eigenvalue weighted by Gasteiger charge is 2.00. The lowest BCUT2D eigenvalue weighted by molar-refractivity contribution is 0.195. The number of aromatic amines is 1. The summed E-state index contributed by atoms with van der Waals surface area (Å²) in [5.41, 5.74) is 4.09. The second kappa shape index (κ2) is 4.48. The number of benzene rings is 1. The highest BCUT2D eigenvalue weighted by molar-refractivity contribution is 5.85. The van der Waals surface area contributed by atoms with Crippen molar-refractivity contribution in [2.24, 2.45) is 5.10 Å². The van der Waals surface area contributed by atoms with Crippen LogP contribution in [0.3, 0.4) is 0 Å². The molecule has 3 N–H and O–H groups in total. The Morgan fingerprint density at radius 2 is 2.31 bits per heavy atom. The van der Waals surface area contributed by atoms with Crippen molar-refractivity contribution in [1.29, 1.82) is 0 Å². The fraction of sp³-hybridized carbons (Fsp3) is 0.0909. The number of fused-ring (bicyclic) bond motifs is 1. The van der Waals surface area contributed by atoms with Crippen molar-refractivity contribution in [3.8, 4) is 0 Å². The van der Waals surface area contributed by atoms with E-state index in [2.05, 4.69) is 10.1 Å². The number of carboxylic acid groups (broad SMARTS) is 1. The van der Waals surface area contributed by atoms with E-state index in [1.165, 1.54) is 6.21 Å². The molecule has 0 aliphatic rings. The second-order valence-electron chi connectivity index (χ2n) is 3.29. The third-order valence-electron chi connectivity index (χ3n) is 2.24. The molecule has 0 atom stereocenters. The number of nitrogens with one attached hydrogen (secondary N) is 2. The Hall–Kier alpha value is -2.30. The van der Waals surface area contributed by atoms with E-state index in [0.717, 1.165) is 16.5 Å². The minimum Gasteiger partial charge on any atom is -0.464 e. The third kappa shape index (κ3) is 2.20. The normalized spacial score (nSPS) is 11.0. The summed E-state index contributed by atoms with van der Waals surface area (Å²) in [4.78, 5) is 13.3. The highest BCUT2D eigenvalue weighted by atomic mass is 16.4. The van der Waals surface area contributed by atoms with Crippen LogP contribution in [0, 0.1) is 0 Å². The SMILES string of the molecule is O=C(O)NN=CCc1c[nH]c2ccccc12. The van der Waals surface area contributed by atoms with E-state index in [1.54, 1.807) is 0 Å². The molecule has 0 radical (unpaired) electrons. The summed E-state index contributed by atoms with van der Waals surface area (Å²) in [6.07, 6.45) is 2.86. The van der Waals surface area contributed by atoms with Gasteiger partial charge in [0, 0.05) is 29.7 Å². The Balaban J connectivity index is 2.10. The maximum atomic E-state index is 10.1. The topological polar surface area (TPSA) is 77.5 Å². The summed E-state index contributed by atoms with van der Waals surface area (Å²) in [5, 5.41) is 13.0. The van der Waals surface area contributed by atoms with Crippen LogP contribution in [0.25, 0.3) is 10.9 Å². The fourth-order valence-corrected chi connectivity index (χ4v) is 1.55. The van der Waals surface area contributed by atoms with E-state index in [9.17, 15) is 4.79 Å². The monoisotopic (exact) mass is 217 g/mol. The van der Waals surface area contributed by atoms with Crippen molar-refractivity contribution in [2.75, 3.05) is 0 Å². The predicted molar refractivity (Wildman–Crippen MR) is 61.7 cm³/mol. The molecule has 0 fully saturated rings. The molecule has 0 spiro atoms. The van der Waals surface area contributed by atoms with Gasteiger partial charge in [-0.15, -0.1) is 0 Å². The van der Waals surface area contributed by atoms with Gasteiger partial charge in [0.05, 0.1) is 0 Å². The number of hydrazone groups is 1. The maximum absolute atomic E-state index is 10.1. The number of nitrogens with zero attached hydrogens (tertiary/aromatic N) is 1. The predicted octanol–water partition coefficient (Wildman–Crippen LogP) is 1.96. The van der Waals surface area contributed by atoms with Crippen LogP contribution in [0.4, 0.5) is 4.79 Å². The van der Waals surface area contributed by atoms with Crippen LogP contribution in [0.15, 0.2) is 35.6 Å². The van der Waals surface area contributed by atoms with Crippen molar-refractivity contribution < 1.29 is 9.90 Å². The van der Waals surface area contributed by atoms with Crippen LogP contribution in [0.1, 0.15) is 5.56 Å². The van der Waals surface area contributed by atoms with Crippen molar-refractivity contribution in [2.45, 2.75) is 6.42 Å². The van der Waals surface area contributed by atoms with Gasteiger partial charge in [-0.2, -0.15) is 5.10 Å². The van der Waals surface area contributed by atoms with E-state index in [1.807, 2.05) is 35.9 Å². The molecule has 1 aromatic heterocycles. The number of hydrogen-bond donors (Lipinski definition) is 3. The lowest BCUT2D eigenvalue weighted by atomic mass is 10.1. The summed E-state index contributed by atoms with van der Waals surface area (Å²) in [6.45, 7) is 0. The molecule has 82 valence electrons. The van der Waals surface area contributed by atoms with Gasteiger partial charge in [-0.3, -0.25) is 0 Å². The summed E-state index contributed by atoms with van der Waals surface area (Å²) in [5.74, 6) is 0. The van der Waals surface area contributed by atoms with Crippen LogP contribution >= 0.6 is 0 Å². The van der Waals surface area contributed by atoms with Gasteiger partial charge < -0.3 is 10.1 Å². The van der Waals surface area contributed by atoms with Crippen LogP contribution < -0.4 is 5.43 Å². The Bertz CT molecular complexity index is 531. The number of hydrogen-bond acceptors (Lipinski definition) is 2. The standard InChI is InChI=1S/C11H11N3O2/c15-11(16)14-13-6-5-8-7-12-10-4-2-1-3-9(8)10/h1-4,6-7,12,14H,5H2,(H,15,16). The molecule has 0 bridgehead atoms. The minimum atomic E-state index is -1.16. The van der Waals surface area contributed by atoms with Crippen molar-refractivity contribution in [1.82, 2.24) is 10.4 Å². The van der Waals surface area contributed by atoms with Gasteiger partial charge in [0.25, 0.3) is 0 Å². The zero-order valence-electron chi connectivity index (χ0n) is 8.47. The first-order valence-electron chi connectivity index (χ1n) is 4.83. The van der Waals surface area contributed by atoms with E-state index in [4.69, 9.17) is 5.11 Å². The molecule has 0 saturated heterocycles. The number of amides is 1. The van der Waals surface area contributed by atoms with Crippen LogP contribution in [0.2, 0.25) is 0 Å². The number of aromatic nitrogens is 1. The third-order valence-corrected chi connectivity index (χ3v) is 2.24. The summed E-state index contributed by atoms with van der Waals surface area (Å²) >= 11 is 0. The maximum Gasteiger partial charge on any atom is 0.425 e. The van der Waals surface area contributed by atoms with E-state index in [-0.39, 0.29) is 0 Å². The molecule has 0 unspecified atom stereocenters. The zero-order chi connectivity index (χ0) is 11.4. The zero-order valence-corrected chi connectivity index (χ0v) is 8.47. The average molecular weight is 217 g/mol. The molecule has 0 saturated carbocycles. The van der Waals surface area contributed by atoms with E-state index in [0.29, 0.717) is 6.42 Å². The first-order chi connectivity index (χ1) is 7.77. The largest absolute Gasteiger partial charge is 0.464 e. The minimum absolute atomic E-state index is 0.588. The Morgan fingerprint density at radius 3 is 3.12 bits per heavy atom. The van der Waals surface area contributed by atoms with Gasteiger partial charge in [0.1, 0.15) is 0 Å². The molecular formula is C11H11N3O2. The summed E-state index contributed by atoms with van der Waals surface area (Å²) in [7, 11) is 0. The molecule has 2 rings (SSSR count). The quantitative estimate of drug-likeness (QED) is 0.543. The second-order valence-corrected chi connectivity index (χ2v) is 3.29. The smallest absolute Gasteiger partial charge is 0.425 e. The first-order valence-corrected chi connectivity index (χ1v) is 4.83. The van der Waals surface area contributed by atoms with Crippen LogP contribution in [0.5, 0.6) is 0 Å². The Kier molecular flexibility index (Phi) is 2.86. The van der Waals surface area contributed by atoms with Crippen LogP contribution in [-0.2, 0) is 6.42 Å². The van der Waals surface area contributed by atoms with Crippen molar-refractivity contribution in [3.05, 3.63) is 36.0 Å². The van der Waals surface area contributed by atoms with Gasteiger partial charge in [0.2, 0.25) is 0 Å². The van der Waals surface area contributed by atoms with Crippen molar-refractivity contribution >= 4 is 23.2 Å². The van der Waals surface area contributed by atoms with E-state index < -0.39 is 6.09 Å². The molecule has 5 nitrogen and oxygen atoms in total. The van der Waals surface area contributed by atoms with Gasteiger partial charge >= 0.3 is 6.09 Å².